The van der Waals surface area contributed by atoms with Crippen molar-refractivity contribution in [2.45, 2.75) is 18.9 Å². The van der Waals surface area contributed by atoms with Crippen LogP contribution >= 0.6 is 0 Å². The molecule has 0 aliphatic carbocycles. The van der Waals surface area contributed by atoms with Crippen LogP contribution in [0.5, 0.6) is 0 Å². The number of hydrogen-bond acceptors (Lipinski definition) is 5. The first kappa shape index (κ1) is 18.4. The van der Waals surface area contributed by atoms with Gasteiger partial charge in [0.05, 0.1) is 28.1 Å². The number of sulfone groups is 1. The molecule has 1 N–H and O–H groups in total. The van der Waals surface area contributed by atoms with Crippen LogP contribution in [0.1, 0.15) is 23.8 Å². The lowest BCUT2D eigenvalue weighted by atomic mass is 10.0. The molecule has 1 unspecified atom stereocenters. The molecule has 28 heavy (non-hydrogen) atoms. The minimum Gasteiger partial charge on any atom is -0.344 e. The number of hydrogen-bond donors (Lipinski definition) is 1. The Morgan fingerprint density at radius 2 is 1.71 bits per heavy atom. The van der Waals surface area contributed by atoms with Gasteiger partial charge in [-0.25, -0.2) is 8.42 Å². The van der Waals surface area contributed by atoms with Gasteiger partial charge in [-0.05, 0) is 31.5 Å². The summed E-state index contributed by atoms with van der Waals surface area (Å²) < 4.78 is 24.9. The summed E-state index contributed by atoms with van der Waals surface area (Å²) in [6.07, 6.45) is 0.345. The third kappa shape index (κ3) is 3.31. The summed E-state index contributed by atoms with van der Waals surface area (Å²) >= 11 is 0. The van der Waals surface area contributed by atoms with Crippen LogP contribution in [-0.2, 0) is 9.84 Å². The van der Waals surface area contributed by atoms with Crippen LogP contribution < -0.4 is 10.9 Å². The van der Waals surface area contributed by atoms with E-state index < -0.39 is 21.3 Å². The second-order valence-electron chi connectivity index (χ2n) is 7.30. The number of amides is 1. The summed E-state index contributed by atoms with van der Waals surface area (Å²) in [4.78, 5) is 25.9. The summed E-state index contributed by atoms with van der Waals surface area (Å²) in [6.45, 7) is 1.71. The highest BCUT2D eigenvalue weighted by Gasteiger charge is 2.40. The summed E-state index contributed by atoms with van der Waals surface area (Å²) in [6, 6.07) is 15.6. The molecular weight excluding hydrogens is 378 g/mol. The molecule has 1 aliphatic rings. The fourth-order valence-corrected chi connectivity index (χ4v) is 5.64. The number of carbonyl (C=O) groups excluding carboxylic acids is 1. The number of aromatic nitrogens is 2. The molecule has 2 heterocycles. The van der Waals surface area contributed by atoms with Crippen molar-refractivity contribution in [3.05, 3.63) is 70.6 Å². The monoisotopic (exact) mass is 397 g/mol. The molecular formula is C20H19N3O4S. The number of nitrogens with one attached hydrogen (secondary N) is 1. The first-order valence-corrected chi connectivity index (χ1v) is 10.7. The van der Waals surface area contributed by atoms with Crippen molar-refractivity contribution in [3.63, 3.8) is 0 Å². The van der Waals surface area contributed by atoms with Crippen molar-refractivity contribution in [1.82, 2.24) is 15.1 Å². The molecule has 144 valence electrons. The van der Waals surface area contributed by atoms with E-state index in [-0.39, 0.29) is 22.8 Å². The third-order valence-electron chi connectivity index (χ3n) is 4.94. The minimum absolute atomic E-state index is 0.0431. The number of fused-ring (bicyclic) bond motifs is 1. The Kier molecular flexibility index (Phi) is 4.30. The molecule has 1 amide bonds. The lowest BCUT2D eigenvalue weighted by Gasteiger charge is -2.24. The molecule has 1 aromatic heterocycles. The van der Waals surface area contributed by atoms with Gasteiger partial charge in [0, 0.05) is 5.39 Å². The Hall–Kier alpha value is -3.00. The first-order chi connectivity index (χ1) is 13.3. The maximum absolute atomic E-state index is 13.0. The molecule has 1 aliphatic heterocycles. The molecule has 8 heteroatoms. The van der Waals surface area contributed by atoms with E-state index >= 15 is 0 Å². The average Bonchev–Trinajstić information content (AvgIpc) is 2.95. The molecule has 2 aromatic carbocycles. The highest BCUT2D eigenvalue weighted by atomic mass is 32.2. The van der Waals surface area contributed by atoms with Gasteiger partial charge in [-0.1, -0.05) is 36.4 Å². The van der Waals surface area contributed by atoms with E-state index in [2.05, 4.69) is 10.4 Å². The predicted octanol–water partition coefficient (Wildman–Crippen LogP) is 1.69. The van der Waals surface area contributed by atoms with E-state index in [9.17, 15) is 18.0 Å². The lowest BCUT2D eigenvalue weighted by Crippen LogP contribution is -2.47. The maximum Gasteiger partial charge on any atom is 0.279 e. The van der Waals surface area contributed by atoms with Crippen molar-refractivity contribution in [1.29, 1.82) is 0 Å². The Labute approximate surface area is 161 Å². The van der Waals surface area contributed by atoms with E-state index in [0.29, 0.717) is 22.9 Å². The number of benzene rings is 2. The number of nitrogens with zero attached hydrogens (tertiary/aromatic N) is 2. The topological polar surface area (TPSA) is 98.1 Å². The maximum atomic E-state index is 13.0. The molecule has 0 saturated carbocycles. The van der Waals surface area contributed by atoms with Crippen LogP contribution in [0.25, 0.3) is 16.5 Å². The number of carbonyl (C=O) groups is 1. The van der Waals surface area contributed by atoms with Gasteiger partial charge in [-0.3, -0.25) is 9.59 Å². The van der Waals surface area contributed by atoms with Crippen LogP contribution in [-0.4, -0.2) is 41.2 Å². The van der Waals surface area contributed by atoms with Crippen molar-refractivity contribution in [2.24, 2.45) is 0 Å². The van der Waals surface area contributed by atoms with Gasteiger partial charge in [0.1, 0.15) is 0 Å². The average molecular weight is 397 g/mol. The quantitative estimate of drug-likeness (QED) is 0.725. The van der Waals surface area contributed by atoms with E-state index in [0.717, 1.165) is 0 Å². The van der Waals surface area contributed by atoms with E-state index in [1.165, 1.54) is 4.68 Å². The molecule has 0 radical (unpaired) electrons. The van der Waals surface area contributed by atoms with Crippen molar-refractivity contribution >= 4 is 26.5 Å². The normalized spacial score (nSPS) is 20.9. The zero-order valence-corrected chi connectivity index (χ0v) is 16.1. The van der Waals surface area contributed by atoms with Gasteiger partial charge in [0.2, 0.25) is 0 Å². The van der Waals surface area contributed by atoms with Gasteiger partial charge >= 0.3 is 0 Å². The minimum atomic E-state index is -3.17. The molecule has 1 atom stereocenters. The van der Waals surface area contributed by atoms with Gasteiger partial charge < -0.3 is 5.32 Å². The lowest BCUT2D eigenvalue weighted by molar-refractivity contribution is 0.0910. The van der Waals surface area contributed by atoms with Crippen molar-refractivity contribution in [2.75, 3.05) is 11.5 Å². The molecule has 7 nitrogen and oxygen atoms in total. The van der Waals surface area contributed by atoms with Crippen LogP contribution in [0.15, 0.2) is 59.4 Å². The second-order valence-corrected chi connectivity index (χ2v) is 9.49. The number of rotatable bonds is 3. The molecule has 4 rings (SSSR count). The summed E-state index contributed by atoms with van der Waals surface area (Å²) in [5.74, 6) is -0.566. The zero-order chi connectivity index (χ0) is 19.9. The fraction of sp³-hybridized carbons (Fsp3) is 0.250. The summed E-state index contributed by atoms with van der Waals surface area (Å²) in [5.41, 5.74) is -0.550. The third-order valence-corrected chi connectivity index (χ3v) is 6.84. The zero-order valence-electron chi connectivity index (χ0n) is 15.3. The standard InChI is InChI=1S/C20H19N3O4S/c1-20(11-12-28(26,27)13-20)21-18(24)17-15-9-5-6-10-16(15)19(25)23(22-17)14-7-3-2-4-8-14/h2-10H,11-13H2,1H3,(H,21,24). The highest BCUT2D eigenvalue weighted by Crippen LogP contribution is 2.24. The molecule has 1 fully saturated rings. The Morgan fingerprint density at radius 3 is 2.36 bits per heavy atom. The predicted molar refractivity (Wildman–Crippen MR) is 106 cm³/mol. The largest absolute Gasteiger partial charge is 0.344 e. The van der Waals surface area contributed by atoms with Crippen molar-refractivity contribution in [3.8, 4) is 5.69 Å². The summed E-state index contributed by atoms with van der Waals surface area (Å²) in [5, 5.41) is 7.95. The smallest absolute Gasteiger partial charge is 0.279 e. The highest BCUT2D eigenvalue weighted by molar-refractivity contribution is 7.91. The molecule has 0 bridgehead atoms. The van der Waals surface area contributed by atoms with Crippen LogP contribution in [0.4, 0.5) is 0 Å². The van der Waals surface area contributed by atoms with Crippen LogP contribution in [0.3, 0.4) is 0 Å². The first-order valence-electron chi connectivity index (χ1n) is 8.88. The number of para-hydroxylation sites is 1. The van der Waals surface area contributed by atoms with Gasteiger partial charge in [-0.2, -0.15) is 9.78 Å². The SMILES string of the molecule is CC1(NC(=O)c2nn(-c3ccccc3)c(=O)c3ccccc23)CCS(=O)(=O)C1. The molecule has 3 aromatic rings. The van der Waals surface area contributed by atoms with E-state index in [1.54, 1.807) is 55.5 Å². The van der Waals surface area contributed by atoms with E-state index in [1.807, 2.05) is 6.07 Å². The van der Waals surface area contributed by atoms with Crippen LogP contribution in [0.2, 0.25) is 0 Å². The second kappa shape index (κ2) is 6.56. The van der Waals surface area contributed by atoms with Gasteiger partial charge in [-0.15, -0.1) is 0 Å². The van der Waals surface area contributed by atoms with Gasteiger partial charge in [0.25, 0.3) is 11.5 Å². The van der Waals surface area contributed by atoms with Crippen LogP contribution in [0, 0.1) is 0 Å². The molecule has 1 saturated heterocycles. The Morgan fingerprint density at radius 1 is 1.07 bits per heavy atom. The Balaban J connectivity index is 1.84. The van der Waals surface area contributed by atoms with Gasteiger partial charge in [0.15, 0.2) is 15.5 Å². The van der Waals surface area contributed by atoms with E-state index in [4.69, 9.17) is 0 Å². The van der Waals surface area contributed by atoms with Crippen molar-refractivity contribution < 1.29 is 13.2 Å². The summed E-state index contributed by atoms with van der Waals surface area (Å²) in [7, 11) is -3.17. The Bertz CT molecular complexity index is 1240. The fourth-order valence-electron chi connectivity index (χ4n) is 3.54. The molecule has 0 spiro atoms.